The molecule has 0 aliphatic carbocycles. The van der Waals surface area contributed by atoms with Crippen molar-refractivity contribution < 1.29 is 4.79 Å². The first kappa shape index (κ1) is 9.51. The molecule has 64 valence electrons. The fourth-order valence-corrected chi connectivity index (χ4v) is 1.43. The first-order valence-corrected chi connectivity index (χ1v) is 4.72. The topological polar surface area (TPSA) is 29.1 Å². The first-order chi connectivity index (χ1) is 5.61. The summed E-state index contributed by atoms with van der Waals surface area (Å²) in [4.78, 5) is 10.8. The van der Waals surface area contributed by atoms with E-state index in [1.54, 1.807) is 0 Å². The van der Waals surface area contributed by atoms with E-state index in [4.69, 9.17) is 0 Å². The lowest BCUT2D eigenvalue weighted by Gasteiger charge is -2.06. The van der Waals surface area contributed by atoms with E-state index in [9.17, 15) is 4.79 Å². The van der Waals surface area contributed by atoms with Crippen LogP contribution in [0.3, 0.4) is 0 Å². The molecular weight excluding hydrogens is 265 g/mol. The van der Waals surface area contributed by atoms with Crippen LogP contribution in [0.4, 0.5) is 5.69 Å². The van der Waals surface area contributed by atoms with Crippen LogP contribution >= 0.6 is 22.6 Å². The highest BCUT2D eigenvalue weighted by Crippen LogP contribution is 2.20. The molecule has 0 aliphatic rings. The normalized spacial score (nSPS) is 9.58. The van der Waals surface area contributed by atoms with Crippen LogP contribution in [0.5, 0.6) is 0 Å². The molecule has 0 spiro atoms. The summed E-state index contributed by atoms with van der Waals surface area (Å²) in [6.07, 6.45) is 0. The summed E-state index contributed by atoms with van der Waals surface area (Å²) in [5, 5.41) is 2.77. The van der Waals surface area contributed by atoms with Gasteiger partial charge >= 0.3 is 0 Å². The minimum Gasteiger partial charge on any atom is -0.325 e. The number of carbonyl (C=O) groups is 1. The summed E-state index contributed by atoms with van der Waals surface area (Å²) in [5.41, 5.74) is 2.07. The Bertz CT molecular complexity index is 309. The lowest BCUT2D eigenvalue weighted by molar-refractivity contribution is -0.114. The molecule has 0 saturated heterocycles. The van der Waals surface area contributed by atoms with E-state index in [0.29, 0.717) is 0 Å². The van der Waals surface area contributed by atoms with Gasteiger partial charge in [-0.25, -0.2) is 0 Å². The van der Waals surface area contributed by atoms with Crippen LogP contribution in [0, 0.1) is 10.5 Å². The fraction of sp³-hybridized carbons (Fsp3) is 0.222. The van der Waals surface area contributed by atoms with Crippen LogP contribution in [0.15, 0.2) is 18.2 Å². The maximum absolute atomic E-state index is 10.8. The largest absolute Gasteiger partial charge is 0.325 e. The zero-order valence-corrected chi connectivity index (χ0v) is 9.18. The van der Waals surface area contributed by atoms with Crippen molar-refractivity contribution in [1.82, 2.24) is 0 Å². The monoisotopic (exact) mass is 275 g/mol. The lowest BCUT2D eigenvalue weighted by atomic mass is 10.2. The zero-order chi connectivity index (χ0) is 9.14. The quantitative estimate of drug-likeness (QED) is 0.784. The van der Waals surface area contributed by atoms with Crippen LogP contribution in [-0.2, 0) is 4.79 Å². The highest BCUT2D eigenvalue weighted by atomic mass is 127. The standard InChI is InChI=1S/C9H10INO/c1-6-4-3-5-8(9(6)10)11-7(2)12/h3-5H,1-2H3,(H,11,12). The summed E-state index contributed by atoms with van der Waals surface area (Å²) in [6, 6.07) is 5.85. The van der Waals surface area contributed by atoms with E-state index in [0.717, 1.165) is 9.26 Å². The minimum atomic E-state index is -0.0292. The smallest absolute Gasteiger partial charge is 0.221 e. The van der Waals surface area contributed by atoms with Crippen LogP contribution in [0.2, 0.25) is 0 Å². The third kappa shape index (κ3) is 2.20. The van der Waals surface area contributed by atoms with E-state index in [1.807, 2.05) is 25.1 Å². The maximum atomic E-state index is 10.8. The van der Waals surface area contributed by atoms with Crippen LogP contribution in [-0.4, -0.2) is 5.91 Å². The Hall–Kier alpha value is -0.580. The Morgan fingerprint density at radius 1 is 1.50 bits per heavy atom. The fourth-order valence-electron chi connectivity index (χ4n) is 0.934. The van der Waals surface area contributed by atoms with Crippen LogP contribution in [0.1, 0.15) is 12.5 Å². The SMILES string of the molecule is CC(=O)Nc1cccc(C)c1I. The van der Waals surface area contributed by atoms with Gasteiger partial charge in [0.15, 0.2) is 0 Å². The zero-order valence-electron chi connectivity index (χ0n) is 7.02. The molecule has 0 saturated carbocycles. The van der Waals surface area contributed by atoms with Crippen molar-refractivity contribution in [2.24, 2.45) is 0 Å². The molecule has 0 heterocycles. The average Bonchev–Trinajstić information content (AvgIpc) is 1.98. The maximum Gasteiger partial charge on any atom is 0.221 e. The number of aryl methyl sites for hydroxylation is 1. The van der Waals surface area contributed by atoms with Gasteiger partial charge in [0.2, 0.25) is 5.91 Å². The van der Waals surface area contributed by atoms with Gasteiger partial charge in [0.1, 0.15) is 0 Å². The molecule has 12 heavy (non-hydrogen) atoms. The molecule has 0 fully saturated rings. The number of hydrogen-bond acceptors (Lipinski definition) is 1. The molecule has 3 heteroatoms. The Balaban J connectivity index is 3.00. The highest BCUT2D eigenvalue weighted by Gasteiger charge is 2.02. The second kappa shape index (κ2) is 3.89. The summed E-state index contributed by atoms with van der Waals surface area (Å²) in [7, 11) is 0. The molecule has 1 rings (SSSR count). The van der Waals surface area contributed by atoms with E-state index in [2.05, 4.69) is 27.9 Å². The van der Waals surface area contributed by atoms with E-state index >= 15 is 0 Å². The second-order valence-corrected chi connectivity index (χ2v) is 3.70. The van der Waals surface area contributed by atoms with Crippen LogP contribution < -0.4 is 5.32 Å². The number of hydrogen-bond donors (Lipinski definition) is 1. The third-order valence-corrected chi connectivity index (χ3v) is 2.93. The predicted octanol–water partition coefficient (Wildman–Crippen LogP) is 2.56. The van der Waals surface area contributed by atoms with Gasteiger partial charge in [-0.2, -0.15) is 0 Å². The Morgan fingerprint density at radius 3 is 2.75 bits per heavy atom. The van der Waals surface area contributed by atoms with Gasteiger partial charge in [0, 0.05) is 10.5 Å². The molecule has 1 N–H and O–H groups in total. The molecule has 2 nitrogen and oxygen atoms in total. The molecule has 0 aliphatic heterocycles. The van der Waals surface area contributed by atoms with Gasteiger partial charge in [-0.3, -0.25) is 4.79 Å². The molecule has 1 aromatic carbocycles. The Labute approximate surface area is 85.5 Å². The number of halogens is 1. The number of rotatable bonds is 1. The molecule has 1 amide bonds. The number of carbonyl (C=O) groups excluding carboxylic acids is 1. The second-order valence-electron chi connectivity index (χ2n) is 2.62. The summed E-state index contributed by atoms with van der Waals surface area (Å²) in [5.74, 6) is -0.0292. The lowest BCUT2D eigenvalue weighted by Crippen LogP contribution is -2.07. The number of amides is 1. The minimum absolute atomic E-state index is 0.0292. The molecule has 0 atom stereocenters. The van der Waals surface area contributed by atoms with Crippen molar-refractivity contribution in [2.75, 3.05) is 5.32 Å². The van der Waals surface area contributed by atoms with Crippen molar-refractivity contribution in [2.45, 2.75) is 13.8 Å². The average molecular weight is 275 g/mol. The van der Waals surface area contributed by atoms with E-state index in [1.165, 1.54) is 12.5 Å². The molecular formula is C9H10INO. The van der Waals surface area contributed by atoms with Gasteiger partial charge < -0.3 is 5.32 Å². The Morgan fingerprint density at radius 2 is 2.17 bits per heavy atom. The molecule has 0 bridgehead atoms. The number of benzene rings is 1. The summed E-state index contributed by atoms with van der Waals surface area (Å²) in [6.45, 7) is 3.53. The van der Waals surface area contributed by atoms with Gasteiger partial charge in [-0.1, -0.05) is 12.1 Å². The van der Waals surface area contributed by atoms with E-state index in [-0.39, 0.29) is 5.91 Å². The van der Waals surface area contributed by atoms with Gasteiger partial charge in [0.25, 0.3) is 0 Å². The first-order valence-electron chi connectivity index (χ1n) is 3.64. The summed E-state index contributed by atoms with van der Waals surface area (Å²) >= 11 is 2.22. The Kier molecular flexibility index (Phi) is 3.08. The van der Waals surface area contributed by atoms with Crippen molar-refractivity contribution in [3.8, 4) is 0 Å². The van der Waals surface area contributed by atoms with Crippen molar-refractivity contribution in [1.29, 1.82) is 0 Å². The molecule has 0 aromatic heterocycles. The van der Waals surface area contributed by atoms with Gasteiger partial charge in [-0.05, 0) is 41.1 Å². The molecule has 1 aromatic rings. The predicted molar refractivity (Wildman–Crippen MR) is 58.2 cm³/mol. The molecule has 0 unspecified atom stereocenters. The number of nitrogens with one attached hydrogen (secondary N) is 1. The number of anilines is 1. The van der Waals surface area contributed by atoms with E-state index < -0.39 is 0 Å². The van der Waals surface area contributed by atoms with Crippen molar-refractivity contribution in [3.63, 3.8) is 0 Å². The van der Waals surface area contributed by atoms with Crippen molar-refractivity contribution >= 4 is 34.2 Å². The molecule has 0 radical (unpaired) electrons. The van der Waals surface area contributed by atoms with Gasteiger partial charge in [-0.15, -0.1) is 0 Å². The highest BCUT2D eigenvalue weighted by molar-refractivity contribution is 14.1. The van der Waals surface area contributed by atoms with Crippen molar-refractivity contribution in [3.05, 3.63) is 27.3 Å². The van der Waals surface area contributed by atoms with Gasteiger partial charge in [0.05, 0.1) is 5.69 Å². The van der Waals surface area contributed by atoms with Crippen LogP contribution in [0.25, 0.3) is 0 Å². The summed E-state index contributed by atoms with van der Waals surface area (Å²) < 4.78 is 1.10. The third-order valence-electron chi connectivity index (χ3n) is 1.50.